The largest absolute Gasteiger partial charge is 0.507 e. The molecule has 0 atom stereocenters. The van der Waals surface area contributed by atoms with Crippen LogP contribution in [0.25, 0.3) is 0 Å². The number of phenolic OH excluding ortho intramolecular Hbond substituents is 1. The Morgan fingerprint density at radius 3 is 2.78 bits per heavy atom. The Morgan fingerprint density at radius 1 is 1.33 bits per heavy atom. The standard InChI is InChI=1S/C14H22BrNO2/c1-11(2)18-8-4-3-7-16-10-12-5-6-14(17)13(15)9-12/h5-6,9,11,16-17H,3-4,7-8,10H2,1-2H3. The molecule has 0 saturated carbocycles. The van der Waals surface area contributed by atoms with Gasteiger partial charge in [-0.1, -0.05) is 6.07 Å². The lowest BCUT2D eigenvalue weighted by molar-refractivity contribution is 0.0760. The van der Waals surface area contributed by atoms with E-state index in [-0.39, 0.29) is 5.75 Å². The third-order valence-corrected chi connectivity index (χ3v) is 3.18. The van der Waals surface area contributed by atoms with Crippen molar-refractivity contribution in [2.45, 2.75) is 39.3 Å². The van der Waals surface area contributed by atoms with Crippen LogP contribution in [0.5, 0.6) is 5.75 Å². The van der Waals surface area contributed by atoms with E-state index in [9.17, 15) is 5.11 Å². The molecule has 2 N–H and O–H groups in total. The van der Waals surface area contributed by atoms with E-state index in [1.54, 1.807) is 6.07 Å². The van der Waals surface area contributed by atoms with Crippen LogP contribution in [0.4, 0.5) is 0 Å². The topological polar surface area (TPSA) is 41.5 Å². The fourth-order valence-corrected chi connectivity index (χ4v) is 1.99. The van der Waals surface area contributed by atoms with Crippen LogP contribution < -0.4 is 5.32 Å². The predicted octanol–water partition coefficient (Wildman–Crippen LogP) is 3.45. The summed E-state index contributed by atoms with van der Waals surface area (Å²) in [6, 6.07) is 5.57. The summed E-state index contributed by atoms with van der Waals surface area (Å²) in [6.45, 7) is 6.76. The second-order valence-corrected chi connectivity index (χ2v) is 5.44. The molecule has 18 heavy (non-hydrogen) atoms. The molecule has 0 aliphatic carbocycles. The summed E-state index contributed by atoms with van der Waals surface area (Å²) >= 11 is 3.31. The van der Waals surface area contributed by atoms with Crippen LogP contribution in [0.1, 0.15) is 32.3 Å². The average Bonchev–Trinajstić information content (AvgIpc) is 2.32. The molecule has 0 spiro atoms. The van der Waals surface area contributed by atoms with Crippen molar-refractivity contribution in [2.75, 3.05) is 13.2 Å². The minimum absolute atomic E-state index is 0.282. The van der Waals surface area contributed by atoms with E-state index in [4.69, 9.17) is 4.74 Å². The summed E-state index contributed by atoms with van der Waals surface area (Å²) in [4.78, 5) is 0. The number of hydrogen-bond donors (Lipinski definition) is 2. The van der Waals surface area contributed by atoms with Crippen LogP contribution in [0.2, 0.25) is 0 Å². The first-order valence-electron chi connectivity index (χ1n) is 6.39. The first-order chi connectivity index (χ1) is 8.59. The molecule has 102 valence electrons. The van der Waals surface area contributed by atoms with Gasteiger partial charge in [0.15, 0.2) is 0 Å². The lowest BCUT2D eigenvalue weighted by atomic mass is 10.2. The van der Waals surface area contributed by atoms with Gasteiger partial charge in [-0.15, -0.1) is 0 Å². The molecule has 3 nitrogen and oxygen atoms in total. The second-order valence-electron chi connectivity index (χ2n) is 4.59. The monoisotopic (exact) mass is 315 g/mol. The lowest BCUT2D eigenvalue weighted by Gasteiger charge is -2.08. The van der Waals surface area contributed by atoms with Gasteiger partial charge in [-0.3, -0.25) is 0 Å². The van der Waals surface area contributed by atoms with E-state index >= 15 is 0 Å². The molecule has 0 fully saturated rings. The lowest BCUT2D eigenvalue weighted by Crippen LogP contribution is -2.15. The normalized spacial score (nSPS) is 11.1. The van der Waals surface area contributed by atoms with Crippen molar-refractivity contribution in [1.29, 1.82) is 0 Å². The quantitative estimate of drug-likeness (QED) is 0.722. The zero-order chi connectivity index (χ0) is 13.4. The van der Waals surface area contributed by atoms with Crippen molar-refractivity contribution in [3.63, 3.8) is 0 Å². The minimum Gasteiger partial charge on any atom is -0.507 e. The third kappa shape index (κ3) is 6.38. The van der Waals surface area contributed by atoms with Crippen LogP contribution in [-0.4, -0.2) is 24.4 Å². The highest BCUT2D eigenvalue weighted by Crippen LogP contribution is 2.24. The fourth-order valence-electron chi connectivity index (χ4n) is 1.56. The predicted molar refractivity (Wildman–Crippen MR) is 77.8 cm³/mol. The van der Waals surface area contributed by atoms with E-state index in [0.717, 1.165) is 42.6 Å². The summed E-state index contributed by atoms with van der Waals surface area (Å²) in [5.41, 5.74) is 1.16. The van der Waals surface area contributed by atoms with E-state index in [0.29, 0.717) is 6.10 Å². The van der Waals surface area contributed by atoms with Gasteiger partial charge in [0, 0.05) is 13.2 Å². The molecule has 0 unspecified atom stereocenters. The van der Waals surface area contributed by atoms with Crippen molar-refractivity contribution in [3.8, 4) is 5.75 Å². The van der Waals surface area contributed by atoms with Gasteiger partial charge in [-0.05, 0) is 66.9 Å². The number of rotatable bonds is 8. The molecule has 0 aromatic heterocycles. The van der Waals surface area contributed by atoms with Gasteiger partial charge in [0.05, 0.1) is 10.6 Å². The summed E-state index contributed by atoms with van der Waals surface area (Å²) in [5, 5.41) is 12.8. The fraction of sp³-hybridized carbons (Fsp3) is 0.571. The smallest absolute Gasteiger partial charge is 0.129 e. The Morgan fingerprint density at radius 2 is 2.11 bits per heavy atom. The van der Waals surface area contributed by atoms with Gasteiger partial charge in [0.1, 0.15) is 5.75 Å². The highest BCUT2D eigenvalue weighted by molar-refractivity contribution is 9.10. The van der Waals surface area contributed by atoms with Crippen LogP contribution in [0, 0.1) is 0 Å². The average molecular weight is 316 g/mol. The molecule has 1 aromatic rings. The number of unbranched alkanes of at least 4 members (excludes halogenated alkanes) is 1. The van der Waals surface area contributed by atoms with Crippen LogP contribution in [0.3, 0.4) is 0 Å². The molecule has 0 radical (unpaired) electrons. The van der Waals surface area contributed by atoms with Crippen molar-refractivity contribution in [1.82, 2.24) is 5.32 Å². The maximum Gasteiger partial charge on any atom is 0.129 e. The van der Waals surface area contributed by atoms with Crippen molar-refractivity contribution >= 4 is 15.9 Å². The molecule has 0 amide bonds. The van der Waals surface area contributed by atoms with E-state index < -0.39 is 0 Å². The van der Waals surface area contributed by atoms with Crippen molar-refractivity contribution in [3.05, 3.63) is 28.2 Å². The summed E-state index contributed by atoms with van der Waals surface area (Å²) < 4.78 is 6.22. The molecule has 0 aliphatic rings. The van der Waals surface area contributed by atoms with E-state index in [1.807, 2.05) is 12.1 Å². The van der Waals surface area contributed by atoms with E-state index in [1.165, 1.54) is 0 Å². The Kier molecular flexibility index (Phi) is 7.32. The first kappa shape index (κ1) is 15.5. The van der Waals surface area contributed by atoms with Gasteiger partial charge >= 0.3 is 0 Å². The number of aromatic hydroxyl groups is 1. The number of ether oxygens (including phenoxy) is 1. The maximum atomic E-state index is 9.38. The van der Waals surface area contributed by atoms with Crippen LogP contribution in [0.15, 0.2) is 22.7 Å². The molecule has 1 rings (SSSR count). The molecule has 0 bridgehead atoms. The zero-order valence-electron chi connectivity index (χ0n) is 11.1. The number of benzene rings is 1. The Balaban J connectivity index is 2.09. The molecule has 0 aliphatic heterocycles. The number of hydrogen-bond acceptors (Lipinski definition) is 3. The second kappa shape index (κ2) is 8.51. The zero-order valence-corrected chi connectivity index (χ0v) is 12.7. The Bertz CT molecular complexity index is 356. The Labute approximate surface area is 118 Å². The first-order valence-corrected chi connectivity index (χ1v) is 7.18. The summed E-state index contributed by atoms with van der Waals surface area (Å²) in [6.07, 6.45) is 2.53. The van der Waals surface area contributed by atoms with Gasteiger partial charge in [-0.25, -0.2) is 0 Å². The van der Waals surface area contributed by atoms with Gasteiger partial charge < -0.3 is 15.2 Å². The van der Waals surface area contributed by atoms with Gasteiger partial charge in [0.2, 0.25) is 0 Å². The molecular weight excluding hydrogens is 294 g/mol. The maximum absolute atomic E-state index is 9.38. The van der Waals surface area contributed by atoms with Crippen LogP contribution in [-0.2, 0) is 11.3 Å². The van der Waals surface area contributed by atoms with Crippen LogP contribution >= 0.6 is 15.9 Å². The number of nitrogens with one attached hydrogen (secondary N) is 1. The molecular formula is C14H22BrNO2. The number of halogens is 1. The third-order valence-electron chi connectivity index (χ3n) is 2.54. The van der Waals surface area contributed by atoms with Gasteiger partial charge in [0.25, 0.3) is 0 Å². The van der Waals surface area contributed by atoms with Crippen molar-refractivity contribution in [2.24, 2.45) is 0 Å². The SMILES string of the molecule is CC(C)OCCCCNCc1ccc(O)c(Br)c1. The van der Waals surface area contributed by atoms with Gasteiger partial charge in [-0.2, -0.15) is 0 Å². The highest BCUT2D eigenvalue weighted by Gasteiger charge is 1.99. The van der Waals surface area contributed by atoms with Crippen molar-refractivity contribution < 1.29 is 9.84 Å². The number of phenols is 1. The molecule has 0 saturated heterocycles. The highest BCUT2D eigenvalue weighted by atomic mass is 79.9. The molecule has 0 heterocycles. The Hall–Kier alpha value is -0.580. The molecule has 4 heteroatoms. The van der Waals surface area contributed by atoms with E-state index in [2.05, 4.69) is 35.1 Å². The summed E-state index contributed by atoms with van der Waals surface area (Å²) in [5.74, 6) is 0.282. The summed E-state index contributed by atoms with van der Waals surface area (Å²) in [7, 11) is 0. The minimum atomic E-state index is 0.282. The molecule has 1 aromatic carbocycles.